The van der Waals surface area contributed by atoms with Crippen LogP contribution in [0.4, 0.5) is 5.69 Å². The zero-order valence-corrected chi connectivity index (χ0v) is 16.8. The van der Waals surface area contributed by atoms with Crippen molar-refractivity contribution in [2.75, 3.05) is 5.32 Å². The number of anilines is 1. The van der Waals surface area contributed by atoms with E-state index in [4.69, 9.17) is 13.9 Å². The van der Waals surface area contributed by atoms with Gasteiger partial charge < -0.3 is 19.2 Å². The molecule has 156 valence electrons. The first-order chi connectivity index (χ1) is 15.1. The summed E-state index contributed by atoms with van der Waals surface area (Å²) in [6.07, 6.45) is 0.706. The Labute approximate surface area is 178 Å². The Morgan fingerprint density at radius 3 is 2.48 bits per heavy atom. The normalized spacial score (nSPS) is 11.6. The topological polar surface area (TPSA) is 90.7 Å². The van der Waals surface area contributed by atoms with Gasteiger partial charge in [0, 0.05) is 5.69 Å². The molecular weight excluding hydrogens is 396 g/mol. The van der Waals surface area contributed by atoms with Gasteiger partial charge in [-0.25, -0.2) is 9.78 Å². The molecule has 0 bridgehead atoms. The van der Waals surface area contributed by atoms with Crippen molar-refractivity contribution in [3.05, 3.63) is 84.8 Å². The summed E-state index contributed by atoms with van der Waals surface area (Å²) in [6, 6.07) is 21.1. The first-order valence-electron chi connectivity index (χ1n) is 9.80. The Morgan fingerprint density at radius 1 is 1.00 bits per heavy atom. The average molecular weight is 416 g/mol. The summed E-state index contributed by atoms with van der Waals surface area (Å²) in [6.45, 7) is 1.77. The highest BCUT2D eigenvalue weighted by atomic mass is 16.5. The number of hydrogen-bond acceptors (Lipinski definition) is 6. The third-order valence-corrected chi connectivity index (χ3v) is 4.58. The highest BCUT2D eigenvalue weighted by molar-refractivity contribution is 5.98. The molecule has 3 aromatic carbocycles. The number of oxazole rings is 1. The molecule has 1 atom stereocenters. The summed E-state index contributed by atoms with van der Waals surface area (Å²) in [4.78, 5) is 29.1. The number of rotatable bonds is 7. The number of esters is 1. The summed E-state index contributed by atoms with van der Waals surface area (Å²) < 4.78 is 16.3. The van der Waals surface area contributed by atoms with Gasteiger partial charge in [0.1, 0.15) is 17.0 Å². The molecule has 4 rings (SSSR count). The number of amides is 1. The van der Waals surface area contributed by atoms with Gasteiger partial charge in [-0.05, 0) is 61.0 Å². The Balaban J connectivity index is 1.37. The summed E-state index contributed by atoms with van der Waals surface area (Å²) in [7, 11) is 0. The predicted molar refractivity (Wildman–Crippen MR) is 115 cm³/mol. The van der Waals surface area contributed by atoms with Crippen molar-refractivity contribution < 1.29 is 23.5 Å². The second kappa shape index (κ2) is 9.13. The lowest BCUT2D eigenvalue weighted by Crippen LogP contribution is -2.32. The van der Waals surface area contributed by atoms with Crippen molar-refractivity contribution >= 4 is 28.7 Å². The molecule has 31 heavy (non-hydrogen) atoms. The minimum Gasteiger partial charge on any atom is -0.457 e. The molecule has 7 heteroatoms. The van der Waals surface area contributed by atoms with Crippen LogP contribution in [0, 0.1) is 0 Å². The van der Waals surface area contributed by atoms with E-state index in [1.54, 1.807) is 49.4 Å². The quantitative estimate of drug-likeness (QED) is 0.417. The fourth-order valence-corrected chi connectivity index (χ4v) is 2.96. The molecule has 1 amide bonds. The van der Waals surface area contributed by atoms with E-state index in [9.17, 15) is 9.59 Å². The fourth-order valence-electron chi connectivity index (χ4n) is 2.96. The molecular formula is C24H20N2O5. The van der Waals surface area contributed by atoms with E-state index in [1.807, 2.05) is 30.3 Å². The van der Waals surface area contributed by atoms with Gasteiger partial charge in [0.2, 0.25) is 0 Å². The van der Waals surface area contributed by atoms with Gasteiger partial charge in [-0.2, -0.15) is 0 Å². The van der Waals surface area contributed by atoms with Crippen LogP contribution in [-0.2, 0) is 9.53 Å². The smallest absolute Gasteiger partial charge is 0.338 e. The summed E-state index contributed by atoms with van der Waals surface area (Å²) in [5.41, 5.74) is 1.99. The number of aromatic nitrogens is 1. The van der Waals surface area contributed by atoms with Crippen LogP contribution in [-0.4, -0.2) is 23.0 Å². The number of fused-ring (bicyclic) bond motifs is 1. The van der Waals surface area contributed by atoms with Crippen molar-refractivity contribution in [1.29, 1.82) is 0 Å². The zero-order valence-electron chi connectivity index (χ0n) is 16.8. The van der Waals surface area contributed by atoms with Crippen LogP contribution in [0.3, 0.4) is 0 Å². The van der Waals surface area contributed by atoms with Gasteiger partial charge in [0.05, 0.1) is 5.56 Å². The van der Waals surface area contributed by atoms with Gasteiger partial charge in [-0.1, -0.05) is 25.1 Å². The fraction of sp³-hybridized carbons (Fsp3) is 0.125. The molecule has 0 radical (unpaired) electrons. The summed E-state index contributed by atoms with van der Waals surface area (Å²) >= 11 is 0. The largest absolute Gasteiger partial charge is 0.457 e. The Bertz CT molecular complexity index is 1190. The van der Waals surface area contributed by atoms with Crippen LogP contribution in [0.2, 0.25) is 0 Å². The van der Waals surface area contributed by atoms with Gasteiger partial charge in [-0.15, -0.1) is 0 Å². The Hall–Kier alpha value is -4.13. The second-order valence-electron chi connectivity index (χ2n) is 6.77. The molecule has 0 fully saturated rings. The van der Waals surface area contributed by atoms with Crippen LogP contribution >= 0.6 is 0 Å². The van der Waals surface area contributed by atoms with Crippen LogP contribution in [0.1, 0.15) is 23.7 Å². The third kappa shape index (κ3) is 4.90. The number of carbonyl (C=O) groups is 2. The number of ether oxygens (including phenoxy) is 2. The predicted octanol–water partition coefficient (Wildman–Crippen LogP) is 5.19. The molecule has 0 aliphatic heterocycles. The molecule has 0 aliphatic carbocycles. The highest BCUT2D eigenvalue weighted by Gasteiger charge is 2.22. The van der Waals surface area contributed by atoms with Crippen molar-refractivity contribution in [3.63, 3.8) is 0 Å². The lowest BCUT2D eigenvalue weighted by atomic mass is 10.2. The van der Waals surface area contributed by atoms with Crippen LogP contribution in [0.15, 0.2) is 83.6 Å². The molecule has 1 N–H and O–H groups in total. The number of benzene rings is 3. The van der Waals surface area contributed by atoms with Gasteiger partial charge in [0.15, 0.2) is 18.1 Å². The van der Waals surface area contributed by atoms with Crippen molar-refractivity contribution in [1.82, 2.24) is 4.98 Å². The summed E-state index contributed by atoms with van der Waals surface area (Å²) in [5.74, 6) is 0.362. The second-order valence-corrected chi connectivity index (χ2v) is 6.77. The van der Waals surface area contributed by atoms with Crippen LogP contribution in [0.5, 0.6) is 11.5 Å². The zero-order chi connectivity index (χ0) is 21.6. The van der Waals surface area contributed by atoms with E-state index in [-0.39, 0.29) is 0 Å². The standard InChI is InChI=1S/C24H20N2O5/c1-2-21(31-24(28)16-8-13-22-20(14-16)25-15-29-22)23(27)26-17-9-11-19(12-10-17)30-18-6-4-3-5-7-18/h3-15,21H,2H2,1H3,(H,26,27). The Morgan fingerprint density at radius 2 is 1.74 bits per heavy atom. The minimum absolute atomic E-state index is 0.301. The van der Waals surface area contributed by atoms with Crippen molar-refractivity contribution in [2.45, 2.75) is 19.4 Å². The van der Waals surface area contributed by atoms with Gasteiger partial charge in [0.25, 0.3) is 5.91 Å². The average Bonchev–Trinajstić information content (AvgIpc) is 3.27. The van der Waals surface area contributed by atoms with E-state index >= 15 is 0 Å². The molecule has 4 aromatic rings. The van der Waals surface area contributed by atoms with E-state index in [0.29, 0.717) is 34.5 Å². The lowest BCUT2D eigenvalue weighted by Gasteiger charge is -2.16. The SMILES string of the molecule is CCC(OC(=O)c1ccc2ocnc2c1)C(=O)Nc1ccc(Oc2ccccc2)cc1. The number of nitrogens with zero attached hydrogens (tertiary/aromatic N) is 1. The first kappa shape index (κ1) is 20.2. The molecule has 0 saturated heterocycles. The minimum atomic E-state index is -0.930. The number of carbonyl (C=O) groups excluding carboxylic acids is 2. The van der Waals surface area contributed by atoms with E-state index < -0.39 is 18.0 Å². The van der Waals surface area contributed by atoms with E-state index in [0.717, 1.165) is 5.75 Å². The number of nitrogens with one attached hydrogen (secondary N) is 1. The van der Waals surface area contributed by atoms with Crippen LogP contribution < -0.4 is 10.1 Å². The monoisotopic (exact) mass is 416 g/mol. The van der Waals surface area contributed by atoms with E-state index in [2.05, 4.69) is 10.3 Å². The van der Waals surface area contributed by atoms with Gasteiger partial charge in [-0.3, -0.25) is 4.79 Å². The molecule has 0 spiro atoms. The number of hydrogen-bond donors (Lipinski definition) is 1. The summed E-state index contributed by atoms with van der Waals surface area (Å²) in [5, 5.41) is 2.77. The molecule has 1 unspecified atom stereocenters. The van der Waals surface area contributed by atoms with Gasteiger partial charge >= 0.3 is 5.97 Å². The van der Waals surface area contributed by atoms with Crippen LogP contribution in [0.25, 0.3) is 11.1 Å². The molecule has 7 nitrogen and oxygen atoms in total. The molecule has 1 heterocycles. The molecule has 0 aliphatic rings. The maximum Gasteiger partial charge on any atom is 0.338 e. The molecule has 0 saturated carbocycles. The van der Waals surface area contributed by atoms with Crippen molar-refractivity contribution in [3.8, 4) is 11.5 Å². The first-order valence-corrected chi connectivity index (χ1v) is 9.80. The lowest BCUT2D eigenvalue weighted by molar-refractivity contribution is -0.124. The maximum atomic E-state index is 12.6. The highest BCUT2D eigenvalue weighted by Crippen LogP contribution is 2.23. The molecule has 1 aromatic heterocycles. The Kier molecular flexibility index (Phi) is 5.93. The third-order valence-electron chi connectivity index (χ3n) is 4.58. The van der Waals surface area contributed by atoms with Crippen molar-refractivity contribution in [2.24, 2.45) is 0 Å². The number of para-hydroxylation sites is 1. The van der Waals surface area contributed by atoms with E-state index in [1.165, 1.54) is 6.39 Å². The maximum absolute atomic E-state index is 12.6.